The lowest BCUT2D eigenvalue weighted by atomic mass is 10.2. The van der Waals surface area contributed by atoms with E-state index in [-0.39, 0.29) is 23.7 Å². The van der Waals surface area contributed by atoms with Crippen LogP contribution in [0, 0.1) is 0 Å². The minimum absolute atomic E-state index is 0.232. The monoisotopic (exact) mass is 419 g/mol. The van der Waals surface area contributed by atoms with Crippen LogP contribution >= 0.6 is 0 Å². The number of carbonyl (C=O) groups is 1. The number of rotatable bonds is 5. The van der Waals surface area contributed by atoms with Crippen LogP contribution in [0.25, 0.3) is 22.6 Å². The summed E-state index contributed by atoms with van der Waals surface area (Å²) in [5.41, 5.74) is 0.871. The fourth-order valence-corrected chi connectivity index (χ4v) is 3.38. The molecule has 0 aliphatic rings. The summed E-state index contributed by atoms with van der Waals surface area (Å²) in [6.45, 7) is 4.23. The van der Waals surface area contributed by atoms with E-state index in [0.29, 0.717) is 35.0 Å². The first-order valence-corrected chi connectivity index (χ1v) is 9.84. The largest absolute Gasteiger partial charge is 0.332 e. The Hall–Kier alpha value is -4.08. The zero-order chi connectivity index (χ0) is 22.1. The molecular formula is C21H21N7O3. The number of aryl methyl sites for hydroxylation is 1. The van der Waals surface area contributed by atoms with Crippen LogP contribution in [0.3, 0.4) is 0 Å². The molecule has 0 saturated heterocycles. The second-order valence-electron chi connectivity index (χ2n) is 6.87. The van der Waals surface area contributed by atoms with Crippen molar-refractivity contribution in [2.45, 2.75) is 26.9 Å². The highest BCUT2D eigenvalue weighted by Gasteiger charge is 2.18. The van der Waals surface area contributed by atoms with Gasteiger partial charge in [-0.25, -0.2) is 14.8 Å². The average molecular weight is 419 g/mol. The molecule has 4 aromatic heterocycles. The third kappa shape index (κ3) is 3.41. The molecule has 1 N–H and O–H groups in total. The minimum atomic E-state index is -0.405. The number of aromatic amines is 1. The highest BCUT2D eigenvalue weighted by atomic mass is 16.2. The molecule has 1 amide bonds. The first-order valence-electron chi connectivity index (χ1n) is 9.84. The maximum atomic E-state index is 12.7. The predicted octanol–water partition coefficient (Wildman–Crippen LogP) is 1.66. The van der Waals surface area contributed by atoms with Gasteiger partial charge in [-0.3, -0.25) is 28.6 Å². The van der Waals surface area contributed by atoms with Gasteiger partial charge in [0.1, 0.15) is 17.2 Å². The molecule has 0 unspecified atom stereocenters. The van der Waals surface area contributed by atoms with E-state index in [4.69, 9.17) is 0 Å². The van der Waals surface area contributed by atoms with E-state index < -0.39 is 5.56 Å². The van der Waals surface area contributed by atoms with Crippen LogP contribution in [-0.4, -0.2) is 42.0 Å². The number of anilines is 1. The summed E-state index contributed by atoms with van der Waals surface area (Å²) in [5, 5.41) is 0. The maximum Gasteiger partial charge on any atom is 0.332 e. The van der Waals surface area contributed by atoms with Crippen molar-refractivity contribution in [1.82, 2.24) is 29.1 Å². The summed E-state index contributed by atoms with van der Waals surface area (Å²) in [6.07, 6.45) is 4.66. The molecule has 4 rings (SSSR count). The number of hydrogen-bond acceptors (Lipinski definition) is 6. The van der Waals surface area contributed by atoms with Gasteiger partial charge >= 0.3 is 5.69 Å². The third-order valence-electron chi connectivity index (χ3n) is 5.07. The molecule has 0 atom stereocenters. The van der Waals surface area contributed by atoms with Crippen molar-refractivity contribution in [3.63, 3.8) is 0 Å². The lowest BCUT2D eigenvalue weighted by molar-refractivity contribution is 0.0992. The van der Waals surface area contributed by atoms with Crippen LogP contribution in [0.4, 0.5) is 5.82 Å². The number of fused-ring (bicyclic) bond motifs is 1. The quantitative estimate of drug-likeness (QED) is 0.525. The average Bonchev–Trinajstić information content (AvgIpc) is 3.25. The van der Waals surface area contributed by atoms with Crippen molar-refractivity contribution in [3.8, 4) is 11.4 Å². The van der Waals surface area contributed by atoms with Gasteiger partial charge < -0.3 is 4.98 Å². The van der Waals surface area contributed by atoms with Gasteiger partial charge in [-0.15, -0.1) is 0 Å². The van der Waals surface area contributed by atoms with Gasteiger partial charge in [0.05, 0.1) is 5.56 Å². The standard InChI is InChI=1S/C21H21N7O3/c1-4-27-18-16(20(30)28(5-2)21(27)31)24-17(25-18)13-8-9-15(23-12-13)26(3)19(29)14-7-6-10-22-11-14/h6-12H,4-5H2,1-3H3,(H,24,25). The Morgan fingerprint density at radius 1 is 1.10 bits per heavy atom. The summed E-state index contributed by atoms with van der Waals surface area (Å²) in [6, 6.07) is 6.82. The summed E-state index contributed by atoms with van der Waals surface area (Å²) in [5.74, 6) is 0.638. The van der Waals surface area contributed by atoms with Crippen molar-refractivity contribution >= 4 is 22.9 Å². The molecule has 10 nitrogen and oxygen atoms in total. The van der Waals surface area contributed by atoms with E-state index >= 15 is 0 Å². The zero-order valence-electron chi connectivity index (χ0n) is 17.4. The minimum Gasteiger partial charge on any atom is -0.332 e. The van der Waals surface area contributed by atoms with Crippen LogP contribution in [0.5, 0.6) is 0 Å². The summed E-state index contributed by atoms with van der Waals surface area (Å²) >= 11 is 0. The number of imidazole rings is 1. The Labute approximate surface area is 176 Å². The van der Waals surface area contributed by atoms with E-state index in [2.05, 4.69) is 19.9 Å². The Bertz CT molecular complexity index is 1370. The normalized spacial score (nSPS) is 11.1. The Kier molecular flexibility index (Phi) is 5.20. The molecule has 0 aliphatic carbocycles. The van der Waals surface area contributed by atoms with Crippen molar-refractivity contribution in [3.05, 3.63) is 69.3 Å². The van der Waals surface area contributed by atoms with E-state index in [1.165, 1.54) is 20.2 Å². The number of pyridine rings is 2. The highest BCUT2D eigenvalue weighted by molar-refractivity contribution is 6.05. The van der Waals surface area contributed by atoms with Gasteiger partial charge in [0.2, 0.25) is 0 Å². The Balaban J connectivity index is 1.71. The second kappa shape index (κ2) is 7.98. The first-order chi connectivity index (χ1) is 15.0. The SMILES string of the molecule is CCn1c(=O)c2[nH]c(-c3ccc(N(C)C(=O)c4cccnc4)nc3)nc2n(CC)c1=O. The first kappa shape index (κ1) is 20.2. The third-order valence-corrected chi connectivity index (χ3v) is 5.07. The Morgan fingerprint density at radius 3 is 2.48 bits per heavy atom. The maximum absolute atomic E-state index is 12.7. The van der Waals surface area contributed by atoms with Crippen molar-refractivity contribution in [2.24, 2.45) is 0 Å². The van der Waals surface area contributed by atoms with Crippen LogP contribution in [0.15, 0.2) is 52.4 Å². The van der Waals surface area contributed by atoms with Gasteiger partial charge in [-0.2, -0.15) is 0 Å². The molecule has 4 heterocycles. The fourth-order valence-electron chi connectivity index (χ4n) is 3.38. The molecular weight excluding hydrogens is 398 g/mol. The summed E-state index contributed by atoms with van der Waals surface area (Å²) < 4.78 is 2.64. The summed E-state index contributed by atoms with van der Waals surface area (Å²) in [4.78, 5) is 55.0. The molecule has 0 aromatic carbocycles. The number of nitrogens with zero attached hydrogens (tertiary/aromatic N) is 6. The van der Waals surface area contributed by atoms with E-state index in [0.717, 1.165) is 0 Å². The zero-order valence-corrected chi connectivity index (χ0v) is 17.4. The van der Waals surface area contributed by atoms with Crippen LogP contribution in [0.2, 0.25) is 0 Å². The number of nitrogens with one attached hydrogen (secondary N) is 1. The molecule has 0 spiro atoms. The van der Waals surface area contributed by atoms with Crippen molar-refractivity contribution < 1.29 is 4.79 Å². The molecule has 0 fully saturated rings. The molecule has 0 radical (unpaired) electrons. The molecule has 31 heavy (non-hydrogen) atoms. The van der Waals surface area contributed by atoms with Crippen LogP contribution in [-0.2, 0) is 13.1 Å². The van der Waals surface area contributed by atoms with Gasteiger partial charge in [0.25, 0.3) is 11.5 Å². The number of hydrogen-bond donors (Lipinski definition) is 1. The molecule has 10 heteroatoms. The predicted molar refractivity (Wildman–Crippen MR) is 116 cm³/mol. The van der Waals surface area contributed by atoms with Crippen molar-refractivity contribution in [1.29, 1.82) is 0 Å². The number of amides is 1. The van der Waals surface area contributed by atoms with E-state index in [1.54, 1.807) is 50.6 Å². The molecule has 0 aliphatic heterocycles. The van der Waals surface area contributed by atoms with Gasteiger partial charge in [0, 0.05) is 44.3 Å². The molecule has 4 aromatic rings. The van der Waals surface area contributed by atoms with Crippen LogP contribution < -0.4 is 16.1 Å². The smallest absolute Gasteiger partial charge is 0.332 e. The van der Waals surface area contributed by atoms with Crippen LogP contribution in [0.1, 0.15) is 24.2 Å². The molecule has 158 valence electrons. The molecule has 0 saturated carbocycles. The number of aromatic nitrogens is 6. The lowest BCUT2D eigenvalue weighted by Crippen LogP contribution is -2.39. The Morgan fingerprint density at radius 2 is 1.87 bits per heavy atom. The lowest BCUT2D eigenvalue weighted by Gasteiger charge is -2.16. The van der Waals surface area contributed by atoms with E-state index in [1.807, 2.05) is 6.92 Å². The molecule has 0 bridgehead atoms. The number of carbonyl (C=O) groups excluding carboxylic acids is 1. The van der Waals surface area contributed by atoms with Gasteiger partial charge in [0.15, 0.2) is 5.65 Å². The highest BCUT2D eigenvalue weighted by Crippen LogP contribution is 2.20. The summed E-state index contributed by atoms with van der Waals surface area (Å²) in [7, 11) is 1.63. The van der Waals surface area contributed by atoms with Gasteiger partial charge in [-0.05, 0) is 38.1 Å². The second-order valence-corrected chi connectivity index (χ2v) is 6.87. The number of H-pyrrole nitrogens is 1. The topological polar surface area (TPSA) is 119 Å². The van der Waals surface area contributed by atoms with Gasteiger partial charge in [-0.1, -0.05) is 0 Å². The van der Waals surface area contributed by atoms with Crippen molar-refractivity contribution in [2.75, 3.05) is 11.9 Å². The van der Waals surface area contributed by atoms with E-state index in [9.17, 15) is 14.4 Å². The fraction of sp³-hybridized carbons (Fsp3) is 0.238.